The molecular formula is C22H17BrN2O2. The van der Waals surface area contributed by atoms with E-state index < -0.39 is 0 Å². The SMILES string of the molecule is O=C1c2ccccc2C(=O)N1CC(Cc1cncc(Br)c1)c1ccccc1. The predicted octanol–water partition coefficient (Wildman–Crippen LogP) is 4.47. The molecule has 1 atom stereocenters. The van der Waals surface area contributed by atoms with Crippen molar-refractivity contribution in [3.63, 3.8) is 0 Å². The summed E-state index contributed by atoms with van der Waals surface area (Å²) in [4.78, 5) is 31.1. The van der Waals surface area contributed by atoms with Crippen molar-refractivity contribution in [1.29, 1.82) is 0 Å². The third kappa shape index (κ3) is 3.55. The van der Waals surface area contributed by atoms with Crippen LogP contribution >= 0.6 is 15.9 Å². The maximum atomic E-state index is 12.8. The van der Waals surface area contributed by atoms with E-state index in [1.54, 1.807) is 30.5 Å². The lowest BCUT2D eigenvalue weighted by Crippen LogP contribution is -2.34. The number of amides is 2. The van der Waals surface area contributed by atoms with Crippen LogP contribution in [-0.4, -0.2) is 28.2 Å². The number of halogens is 1. The number of nitrogens with zero attached hydrogens (tertiary/aromatic N) is 2. The lowest BCUT2D eigenvalue weighted by atomic mass is 9.92. The molecule has 0 fully saturated rings. The van der Waals surface area contributed by atoms with E-state index in [0.717, 1.165) is 15.6 Å². The minimum Gasteiger partial charge on any atom is -0.274 e. The van der Waals surface area contributed by atoms with Crippen LogP contribution < -0.4 is 0 Å². The first-order valence-corrected chi connectivity index (χ1v) is 9.52. The second kappa shape index (κ2) is 7.45. The second-order valence-corrected chi connectivity index (χ2v) is 7.51. The molecule has 3 aromatic rings. The second-order valence-electron chi connectivity index (χ2n) is 6.59. The molecule has 4 rings (SSSR count). The van der Waals surface area contributed by atoms with E-state index >= 15 is 0 Å². The van der Waals surface area contributed by atoms with Gasteiger partial charge in [-0.25, -0.2) is 0 Å². The summed E-state index contributed by atoms with van der Waals surface area (Å²) >= 11 is 3.45. The number of rotatable bonds is 5. The van der Waals surface area contributed by atoms with Gasteiger partial charge < -0.3 is 0 Å². The standard InChI is InChI=1S/C22H17BrN2O2/c23-18-11-15(12-24-13-18)10-17(16-6-2-1-3-7-16)14-25-21(26)19-8-4-5-9-20(19)22(25)27/h1-9,11-13,17H,10,14H2. The number of benzene rings is 2. The van der Waals surface area contributed by atoms with Crippen LogP contribution in [0.4, 0.5) is 0 Å². The van der Waals surface area contributed by atoms with Gasteiger partial charge in [-0.15, -0.1) is 0 Å². The van der Waals surface area contributed by atoms with Crippen LogP contribution in [0.5, 0.6) is 0 Å². The molecule has 27 heavy (non-hydrogen) atoms. The Labute approximate surface area is 166 Å². The molecule has 1 aromatic heterocycles. The van der Waals surface area contributed by atoms with E-state index in [1.807, 2.05) is 42.6 Å². The molecule has 1 aliphatic heterocycles. The van der Waals surface area contributed by atoms with Gasteiger partial charge in [0.05, 0.1) is 11.1 Å². The molecule has 2 heterocycles. The summed E-state index contributed by atoms with van der Waals surface area (Å²) in [6, 6.07) is 19.0. The van der Waals surface area contributed by atoms with E-state index in [1.165, 1.54) is 4.90 Å². The Kier molecular flexibility index (Phi) is 4.86. The number of imide groups is 1. The third-order valence-electron chi connectivity index (χ3n) is 4.80. The lowest BCUT2D eigenvalue weighted by molar-refractivity contribution is 0.0644. The number of pyridine rings is 1. The molecule has 0 saturated carbocycles. The van der Waals surface area contributed by atoms with Crippen molar-refractivity contribution in [2.75, 3.05) is 6.54 Å². The van der Waals surface area contributed by atoms with Gasteiger partial charge >= 0.3 is 0 Å². The summed E-state index contributed by atoms with van der Waals surface area (Å²) in [5.41, 5.74) is 3.11. The van der Waals surface area contributed by atoms with Crippen molar-refractivity contribution in [3.8, 4) is 0 Å². The quantitative estimate of drug-likeness (QED) is 0.572. The molecule has 2 amide bonds. The van der Waals surface area contributed by atoms with Gasteiger partial charge in [0.25, 0.3) is 11.8 Å². The first kappa shape index (κ1) is 17.6. The van der Waals surface area contributed by atoms with Crippen LogP contribution in [0.15, 0.2) is 77.5 Å². The smallest absolute Gasteiger partial charge is 0.261 e. The zero-order valence-electron chi connectivity index (χ0n) is 14.5. The average molecular weight is 421 g/mol. The Balaban J connectivity index is 1.64. The highest BCUT2D eigenvalue weighted by Gasteiger charge is 2.36. The first-order chi connectivity index (χ1) is 13.1. The zero-order valence-corrected chi connectivity index (χ0v) is 16.1. The molecule has 0 bridgehead atoms. The summed E-state index contributed by atoms with van der Waals surface area (Å²) in [5, 5.41) is 0. The number of carbonyl (C=O) groups excluding carboxylic acids is 2. The highest BCUT2D eigenvalue weighted by molar-refractivity contribution is 9.10. The Morgan fingerprint density at radius 3 is 2.15 bits per heavy atom. The van der Waals surface area contributed by atoms with E-state index in [9.17, 15) is 9.59 Å². The van der Waals surface area contributed by atoms with Gasteiger partial charge in [-0.2, -0.15) is 0 Å². The van der Waals surface area contributed by atoms with E-state index in [2.05, 4.69) is 20.9 Å². The van der Waals surface area contributed by atoms with Crippen LogP contribution in [0, 0.1) is 0 Å². The Morgan fingerprint density at radius 2 is 1.52 bits per heavy atom. The van der Waals surface area contributed by atoms with Gasteiger partial charge in [0.2, 0.25) is 0 Å². The van der Waals surface area contributed by atoms with Crippen molar-refractivity contribution in [1.82, 2.24) is 9.88 Å². The predicted molar refractivity (Wildman–Crippen MR) is 107 cm³/mol. The Morgan fingerprint density at radius 1 is 0.889 bits per heavy atom. The van der Waals surface area contributed by atoms with E-state index in [0.29, 0.717) is 24.1 Å². The number of carbonyl (C=O) groups is 2. The van der Waals surface area contributed by atoms with Crippen LogP contribution in [0.2, 0.25) is 0 Å². The van der Waals surface area contributed by atoms with Crippen molar-refractivity contribution in [2.45, 2.75) is 12.3 Å². The maximum Gasteiger partial charge on any atom is 0.261 e. The molecule has 5 heteroatoms. The van der Waals surface area contributed by atoms with Gasteiger partial charge in [-0.05, 0) is 51.7 Å². The topological polar surface area (TPSA) is 50.3 Å². The number of fused-ring (bicyclic) bond motifs is 1. The zero-order chi connectivity index (χ0) is 18.8. The minimum atomic E-state index is -0.219. The Hall–Kier alpha value is -2.79. The largest absolute Gasteiger partial charge is 0.274 e. The van der Waals surface area contributed by atoms with Gasteiger partial charge in [-0.1, -0.05) is 42.5 Å². The molecule has 0 N–H and O–H groups in total. The first-order valence-electron chi connectivity index (χ1n) is 8.73. The summed E-state index contributed by atoms with van der Waals surface area (Å²) in [6.45, 7) is 0.336. The van der Waals surface area contributed by atoms with Gasteiger partial charge in [0.1, 0.15) is 0 Å². The molecule has 4 nitrogen and oxygen atoms in total. The van der Waals surface area contributed by atoms with Crippen molar-refractivity contribution in [3.05, 3.63) is 99.8 Å². The molecule has 0 radical (unpaired) electrons. The fourth-order valence-corrected chi connectivity index (χ4v) is 3.90. The summed E-state index contributed by atoms with van der Waals surface area (Å²) < 4.78 is 0.910. The van der Waals surface area contributed by atoms with Gasteiger partial charge in [-0.3, -0.25) is 19.5 Å². The van der Waals surface area contributed by atoms with Gasteiger partial charge in [0.15, 0.2) is 0 Å². The van der Waals surface area contributed by atoms with Gasteiger partial charge in [0, 0.05) is 29.3 Å². The molecule has 1 aliphatic rings. The van der Waals surface area contributed by atoms with Crippen LogP contribution in [-0.2, 0) is 6.42 Å². The molecule has 134 valence electrons. The maximum absolute atomic E-state index is 12.8. The van der Waals surface area contributed by atoms with Crippen LogP contribution in [0.3, 0.4) is 0 Å². The fraction of sp³-hybridized carbons (Fsp3) is 0.136. The highest BCUT2D eigenvalue weighted by atomic mass is 79.9. The molecule has 0 aliphatic carbocycles. The number of hydrogen-bond donors (Lipinski definition) is 0. The van der Waals surface area contributed by atoms with Crippen LogP contribution in [0.25, 0.3) is 0 Å². The molecule has 0 saturated heterocycles. The third-order valence-corrected chi connectivity index (χ3v) is 5.23. The molecule has 2 aromatic carbocycles. The molecule has 0 spiro atoms. The summed E-state index contributed by atoms with van der Waals surface area (Å²) in [6.07, 6.45) is 4.25. The molecular weight excluding hydrogens is 404 g/mol. The number of hydrogen-bond acceptors (Lipinski definition) is 3. The van der Waals surface area contributed by atoms with E-state index in [-0.39, 0.29) is 17.7 Å². The van der Waals surface area contributed by atoms with Crippen molar-refractivity contribution < 1.29 is 9.59 Å². The average Bonchev–Trinajstić information content (AvgIpc) is 2.93. The molecule has 1 unspecified atom stereocenters. The monoisotopic (exact) mass is 420 g/mol. The fourth-order valence-electron chi connectivity index (χ4n) is 3.49. The summed E-state index contributed by atoms with van der Waals surface area (Å²) in [7, 11) is 0. The minimum absolute atomic E-state index is 0.00971. The van der Waals surface area contributed by atoms with Crippen molar-refractivity contribution >= 4 is 27.7 Å². The summed E-state index contributed by atoms with van der Waals surface area (Å²) in [5.74, 6) is -0.447. The lowest BCUT2D eigenvalue weighted by Gasteiger charge is -2.23. The van der Waals surface area contributed by atoms with E-state index in [4.69, 9.17) is 0 Å². The van der Waals surface area contributed by atoms with Crippen molar-refractivity contribution in [2.24, 2.45) is 0 Å². The number of aromatic nitrogens is 1. The van der Waals surface area contributed by atoms with Crippen LogP contribution in [0.1, 0.15) is 37.8 Å². The highest BCUT2D eigenvalue weighted by Crippen LogP contribution is 2.28. The Bertz CT molecular complexity index is 969. The normalized spacial score (nSPS) is 14.3.